The third-order valence-electron chi connectivity index (χ3n) is 4.51. The van der Waals surface area contributed by atoms with Crippen molar-refractivity contribution in [3.05, 3.63) is 58.6 Å². The summed E-state index contributed by atoms with van der Waals surface area (Å²) in [5.41, 5.74) is 2.42. The molecule has 0 saturated carbocycles. The molecule has 3 amide bonds. The fourth-order valence-electron chi connectivity index (χ4n) is 3.00. The van der Waals surface area contributed by atoms with Crippen molar-refractivity contribution in [2.24, 2.45) is 0 Å². The summed E-state index contributed by atoms with van der Waals surface area (Å²) in [6.07, 6.45) is 0.0587. The van der Waals surface area contributed by atoms with E-state index in [0.29, 0.717) is 27.5 Å². The lowest BCUT2D eigenvalue weighted by atomic mass is 10.1. The van der Waals surface area contributed by atoms with E-state index in [-0.39, 0.29) is 24.1 Å². The Labute approximate surface area is 162 Å². The van der Waals surface area contributed by atoms with Crippen LogP contribution in [0.5, 0.6) is 0 Å². The molecule has 7 heteroatoms. The lowest BCUT2D eigenvalue weighted by molar-refractivity contribution is -0.121. The van der Waals surface area contributed by atoms with Crippen molar-refractivity contribution in [1.82, 2.24) is 4.90 Å². The van der Waals surface area contributed by atoms with Crippen molar-refractivity contribution in [1.29, 1.82) is 0 Å². The number of amides is 3. The Kier molecular flexibility index (Phi) is 5.19. The van der Waals surface area contributed by atoms with E-state index in [1.807, 2.05) is 0 Å². The Morgan fingerprint density at radius 2 is 1.81 bits per heavy atom. The molecule has 27 heavy (non-hydrogen) atoms. The van der Waals surface area contributed by atoms with Crippen molar-refractivity contribution < 1.29 is 14.4 Å². The van der Waals surface area contributed by atoms with Crippen LogP contribution in [-0.4, -0.2) is 42.8 Å². The summed E-state index contributed by atoms with van der Waals surface area (Å²) >= 11 is 6.12. The van der Waals surface area contributed by atoms with Gasteiger partial charge < -0.3 is 10.2 Å². The standard InChI is InChI=1S/C20H20ClN3O3/c1-12-15(21)5-4-6-17(12)24-18(25)11-16(20(24)27)22-14-9-7-13(8-10-14)19(26)23(2)3/h4-10,16,22H,11H2,1-3H3/t16-/m1/s1. The fraction of sp³-hybridized carbons (Fsp3) is 0.250. The SMILES string of the molecule is Cc1c(Cl)cccc1N1C(=O)C[C@@H](Nc2ccc(C(=O)N(C)C)cc2)C1=O. The van der Waals surface area contributed by atoms with E-state index < -0.39 is 6.04 Å². The van der Waals surface area contributed by atoms with Gasteiger partial charge in [-0.1, -0.05) is 17.7 Å². The molecule has 1 N–H and O–H groups in total. The number of hydrogen-bond donors (Lipinski definition) is 1. The first-order valence-electron chi connectivity index (χ1n) is 8.49. The number of nitrogens with zero attached hydrogens (tertiary/aromatic N) is 2. The number of halogens is 1. The van der Waals surface area contributed by atoms with Gasteiger partial charge in [-0.3, -0.25) is 14.4 Å². The van der Waals surface area contributed by atoms with Crippen LogP contribution in [0.4, 0.5) is 11.4 Å². The molecule has 1 fully saturated rings. The van der Waals surface area contributed by atoms with Crippen LogP contribution in [0, 0.1) is 6.92 Å². The van der Waals surface area contributed by atoms with Crippen LogP contribution in [0.3, 0.4) is 0 Å². The normalized spacial score (nSPS) is 16.6. The van der Waals surface area contributed by atoms with Gasteiger partial charge in [0.2, 0.25) is 5.91 Å². The number of hydrogen-bond acceptors (Lipinski definition) is 4. The highest BCUT2D eigenvalue weighted by atomic mass is 35.5. The first-order valence-corrected chi connectivity index (χ1v) is 8.87. The minimum Gasteiger partial charge on any atom is -0.373 e. The molecule has 2 aromatic carbocycles. The number of imide groups is 1. The molecule has 1 atom stereocenters. The summed E-state index contributed by atoms with van der Waals surface area (Å²) in [6, 6.07) is 11.3. The quantitative estimate of drug-likeness (QED) is 0.821. The van der Waals surface area contributed by atoms with Crippen molar-refractivity contribution >= 4 is 40.7 Å². The molecule has 0 aromatic heterocycles. The van der Waals surface area contributed by atoms with Crippen molar-refractivity contribution in [3.63, 3.8) is 0 Å². The highest BCUT2D eigenvalue weighted by molar-refractivity contribution is 6.32. The maximum Gasteiger partial charge on any atom is 0.256 e. The number of nitrogens with one attached hydrogen (secondary N) is 1. The molecule has 1 saturated heterocycles. The Hall–Kier alpha value is -2.86. The minimum absolute atomic E-state index is 0.0587. The van der Waals surface area contributed by atoms with Gasteiger partial charge >= 0.3 is 0 Å². The first kappa shape index (κ1) is 18.9. The second-order valence-electron chi connectivity index (χ2n) is 6.63. The molecule has 3 rings (SSSR count). The Balaban J connectivity index is 1.78. The largest absolute Gasteiger partial charge is 0.373 e. The van der Waals surface area contributed by atoms with Gasteiger partial charge in [-0.25, -0.2) is 4.90 Å². The van der Waals surface area contributed by atoms with Gasteiger partial charge in [-0.2, -0.15) is 0 Å². The summed E-state index contributed by atoms with van der Waals surface area (Å²) in [5, 5.41) is 3.59. The highest BCUT2D eigenvalue weighted by Crippen LogP contribution is 2.31. The molecule has 0 unspecified atom stereocenters. The Morgan fingerprint density at radius 3 is 2.44 bits per heavy atom. The third-order valence-corrected chi connectivity index (χ3v) is 4.92. The van der Waals surface area contributed by atoms with Crippen LogP contribution in [0.1, 0.15) is 22.3 Å². The van der Waals surface area contributed by atoms with Crippen LogP contribution >= 0.6 is 11.6 Å². The van der Waals surface area contributed by atoms with E-state index >= 15 is 0 Å². The molecule has 0 radical (unpaired) electrons. The number of benzene rings is 2. The van der Waals surface area contributed by atoms with Crippen molar-refractivity contribution in [3.8, 4) is 0 Å². The van der Waals surface area contributed by atoms with Crippen LogP contribution in [0.25, 0.3) is 0 Å². The van der Waals surface area contributed by atoms with E-state index in [1.165, 1.54) is 9.80 Å². The molecule has 2 aromatic rings. The molecule has 0 bridgehead atoms. The second kappa shape index (κ2) is 7.40. The molecular weight excluding hydrogens is 366 g/mol. The summed E-state index contributed by atoms with van der Waals surface area (Å²) in [6.45, 7) is 1.78. The Bertz CT molecular complexity index is 909. The number of rotatable bonds is 4. The molecule has 1 aliphatic rings. The van der Waals surface area contributed by atoms with Gasteiger partial charge in [-0.15, -0.1) is 0 Å². The van der Waals surface area contributed by atoms with Crippen LogP contribution < -0.4 is 10.2 Å². The van der Waals surface area contributed by atoms with E-state index in [1.54, 1.807) is 63.5 Å². The van der Waals surface area contributed by atoms with Crippen LogP contribution in [0.2, 0.25) is 5.02 Å². The topological polar surface area (TPSA) is 69.7 Å². The van der Waals surface area contributed by atoms with Crippen molar-refractivity contribution in [2.75, 3.05) is 24.3 Å². The van der Waals surface area contributed by atoms with Gasteiger partial charge in [0.05, 0.1) is 12.1 Å². The van der Waals surface area contributed by atoms with Crippen molar-refractivity contribution in [2.45, 2.75) is 19.4 Å². The molecule has 1 aliphatic heterocycles. The van der Waals surface area contributed by atoms with Gasteiger partial charge in [0.25, 0.3) is 11.8 Å². The molecule has 0 spiro atoms. The van der Waals surface area contributed by atoms with Gasteiger partial charge in [0, 0.05) is 30.4 Å². The van der Waals surface area contributed by atoms with Gasteiger partial charge in [-0.05, 0) is 48.9 Å². The first-order chi connectivity index (χ1) is 12.8. The Morgan fingerprint density at radius 1 is 1.15 bits per heavy atom. The average molecular weight is 386 g/mol. The summed E-state index contributed by atoms with van der Waals surface area (Å²) < 4.78 is 0. The van der Waals surface area contributed by atoms with Gasteiger partial charge in [0.1, 0.15) is 6.04 Å². The lowest BCUT2D eigenvalue weighted by Crippen LogP contribution is -2.35. The molecule has 140 valence electrons. The summed E-state index contributed by atoms with van der Waals surface area (Å²) in [5.74, 6) is -0.697. The average Bonchev–Trinajstić information content (AvgIpc) is 2.91. The maximum atomic E-state index is 12.8. The summed E-state index contributed by atoms with van der Waals surface area (Å²) in [7, 11) is 3.37. The van der Waals surface area contributed by atoms with Crippen LogP contribution in [0.15, 0.2) is 42.5 Å². The monoisotopic (exact) mass is 385 g/mol. The zero-order valence-electron chi connectivity index (χ0n) is 15.3. The molecule has 0 aliphatic carbocycles. The molecule has 6 nitrogen and oxygen atoms in total. The van der Waals surface area contributed by atoms with E-state index in [4.69, 9.17) is 11.6 Å². The minimum atomic E-state index is -0.661. The van der Waals surface area contributed by atoms with Crippen LogP contribution in [-0.2, 0) is 9.59 Å². The second-order valence-corrected chi connectivity index (χ2v) is 7.04. The highest BCUT2D eigenvalue weighted by Gasteiger charge is 2.40. The maximum absolute atomic E-state index is 12.8. The third kappa shape index (κ3) is 3.66. The lowest BCUT2D eigenvalue weighted by Gasteiger charge is -2.19. The fourth-order valence-corrected chi connectivity index (χ4v) is 3.17. The van der Waals surface area contributed by atoms with E-state index in [2.05, 4.69) is 5.32 Å². The van der Waals surface area contributed by atoms with E-state index in [0.717, 1.165) is 0 Å². The summed E-state index contributed by atoms with van der Waals surface area (Å²) in [4.78, 5) is 39.8. The number of carbonyl (C=O) groups is 3. The predicted molar refractivity (Wildman–Crippen MR) is 105 cm³/mol. The smallest absolute Gasteiger partial charge is 0.256 e. The zero-order valence-corrected chi connectivity index (χ0v) is 16.1. The zero-order chi connectivity index (χ0) is 19.7. The molecular formula is C20H20ClN3O3. The van der Waals surface area contributed by atoms with E-state index in [9.17, 15) is 14.4 Å². The number of anilines is 2. The predicted octanol–water partition coefficient (Wildman–Crippen LogP) is 3.09. The van der Waals surface area contributed by atoms with Gasteiger partial charge in [0.15, 0.2) is 0 Å². The number of carbonyl (C=O) groups excluding carboxylic acids is 3. The molecule has 1 heterocycles.